The van der Waals surface area contributed by atoms with Crippen molar-refractivity contribution < 1.29 is 31.5 Å². The third kappa shape index (κ3) is 2.04. The lowest BCUT2D eigenvalue weighted by Gasteiger charge is -2.30. The Labute approximate surface area is 98.4 Å². The summed E-state index contributed by atoms with van der Waals surface area (Å²) < 4.78 is 68.5. The smallest absolute Gasteiger partial charge is 0.416 e. The van der Waals surface area contributed by atoms with Crippen molar-refractivity contribution in [2.45, 2.75) is 18.0 Å². The predicted octanol–water partition coefficient (Wildman–Crippen LogP) is 3.02. The number of halogens is 5. The number of fused-ring (bicyclic) bond motifs is 1. The predicted molar refractivity (Wildman–Crippen MR) is 50.7 cm³/mol. The van der Waals surface area contributed by atoms with Crippen molar-refractivity contribution in [2.24, 2.45) is 0 Å². The lowest BCUT2D eigenvalue weighted by Crippen LogP contribution is -2.38. The minimum atomic E-state index is -4.59. The molecule has 0 radical (unpaired) electrons. The van der Waals surface area contributed by atoms with Gasteiger partial charge in [0.25, 0.3) is 5.92 Å². The van der Waals surface area contributed by atoms with Crippen LogP contribution in [0.25, 0.3) is 0 Å². The van der Waals surface area contributed by atoms with E-state index in [4.69, 9.17) is 0 Å². The maximum absolute atomic E-state index is 13.3. The fourth-order valence-electron chi connectivity index (χ4n) is 1.76. The minimum Gasteiger partial charge on any atom is -0.487 e. The molecule has 0 aromatic heterocycles. The van der Waals surface area contributed by atoms with Crippen molar-refractivity contribution >= 4 is 6.29 Å². The van der Waals surface area contributed by atoms with Crippen molar-refractivity contribution in [3.8, 4) is 5.75 Å². The van der Waals surface area contributed by atoms with Crippen LogP contribution in [-0.4, -0.2) is 18.8 Å². The molecule has 0 saturated heterocycles. The summed E-state index contributed by atoms with van der Waals surface area (Å²) in [4.78, 5) is 10.7. The molecule has 0 fully saturated rings. The van der Waals surface area contributed by atoms with Crippen LogP contribution in [-0.2, 0) is 11.0 Å². The van der Waals surface area contributed by atoms with Gasteiger partial charge in [-0.25, -0.2) is 8.78 Å². The molecule has 1 aromatic rings. The molecule has 1 atom stereocenters. The summed E-state index contributed by atoms with van der Waals surface area (Å²) in [5, 5.41) is 0. The summed E-state index contributed by atoms with van der Waals surface area (Å²) in [6, 6.07) is 2.13. The van der Waals surface area contributed by atoms with Crippen LogP contribution in [0.2, 0.25) is 0 Å². The SMILES string of the molecule is O=CC1c2ccc(C(F)(F)F)cc2OCC1(F)F. The second-order valence-electron chi connectivity index (χ2n) is 3.91. The van der Waals surface area contributed by atoms with Gasteiger partial charge in [-0.05, 0) is 12.1 Å². The van der Waals surface area contributed by atoms with Gasteiger partial charge in [-0.2, -0.15) is 13.2 Å². The summed E-state index contributed by atoms with van der Waals surface area (Å²) >= 11 is 0. The number of ether oxygens (including phenoxy) is 1. The molecule has 2 rings (SSSR count). The van der Waals surface area contributed by atoms with Crippen LogP contribution in [0.3, 0.4) is 0 Å². The molecule has 0 N–H and O–H groups in total. The number of alkyl halides is 5. The number of carbonyl (C=O) groups is 1. The van der Waals surface area contributed by atoms with Gasteiger partial charge in [-0.1, -0.05) is 6.07 Å². The summed E-state index contributed by atoms with van der Waals surface area (Å²) in [7, 11) is 0. The van der Waals surface area contributed by atoms with E-state index in [2.05, 4.69) is 4.74 Å². The summed E-state index contributed by atoms with van der Waals surface area (Å²) in [5.41, 5.74) is -1.23. The number of rotatable bonds is 1. The van der Waals surface area contributed by atoms with Gasteiger partial charge >= 0.3 is 6.18 Å². The Morgan fingerprint density at radius 2 is 2.00 bits per heavy atom. The monoisotopic (exact) mass is 266 g/mol. The highest BCUT2D eigenvalue weighted by Gasteiger charge is 2.46. The zero-order valence-electron chi connectivity index (χ0n) is 8.80. The summed E-state index contributed by atoms with van der Waals surface area (Å²) in [5.74, 6) is -5.51. The third-order valence-corrected chi connectivity index (χ3v) is 2.69. The average Bonchev–Trinajstić information content (AvgIpc) is 2.26. The summed E-state index contributed by atoms with van der Waals surface area (Å²) in [6.07, 6.45) is -4.57. The van der Waals surface area contributed by atoms with E-state index in [0.29, 0.717) is 12.1 Å². The minimum absolute atomic E-state index is 0.0224. The molecule has 98 valence electrons. The maximum atomic E-state index is 13.3. The zero-order chi connectivity index (χ0) is 13.6. The van der Waals surface area contributed by atoms with Gasteiger partial charge in [0.05, 0.1) is 5.56 Å². The van der Waals surface area contributed by atoms with Crippen molar-refractivity contribution in [3.63, 3.8) is 0 Å². The number of benzene rings is 1. The largest absolute Gasteiger partial charge is 0.487 e. The topological polar surface area (TPSA) is 26.3 Å². The number of carbonyl (C=O) groups excluding carboxylic acids is 1. The number of aldehydes is 1. The van der Waals surface area contributed by atoms with Crippen LogP contribution in [0, 0.1) is 0 Å². The van der Waals surface area contributed by atoms with Gasteiger partial charge in [0.2, 0.25) is 0 Å². The molecule has 7 heteroatoms. The van der Waals surface area contributed by atoms with Gasteiger partial charge in [-0.3, -0.25) is 0 Å². The molecule has 1 heterocycles. The van der Waals surface area contributed by atoms with E-state index in [1.54, 1.807) is 0 Å². The second kappa shape index (κ2) is 3.93. The van der Waals surface area contributed by atoms with E-state index in [-0.39, 0.29) is 17.6 Å². The third-order valence-electron chi connectivity index (χ3n) is 2.69. The zero-order valence-corrected chi connectivity index (χ0v) is 8.80. The first-order valence-electron chi connectivity index (χ1n) is 4.93. The Hall–Kier alpha value is -1.66. The van der Waals surface area contributed by atoms with Crippen LogP contribution in [0.5, 0.6) is 5.75 Å². The van der Waals surface area contributed by atoms with Crippen LogP contribution < -0.4 is 4.74 Å². The molecule has 1 aliphatic heterocycles. The average molecular weight is 266 g/mol. The van der Waals surface area contributed by atoms with Gasteiger partial charge in [-0.15, -0.1) is 0 Å². The molecule has 0 spiro atoms. The highest BCUT2D eigenvalue weighted by Crippen LogP contribution is 2.43. The molecular weight excluding hydrogens is 259 g/mol. The highest BCUT2D eigenvalue weighted by molar-refractivity contribution is 5.67. The van der Waals surface area contributed by atoms with Crippen LogP contribution in [0.1, 0.15) is 17.0 Å². The second-order valence-corrected chi connectivity index (χ2v) is 3.91. The highest BCUT2D eigenvalue weighted by atomic mass is 19.4. The Kier molecular flexibility index (Phi) is 2.79. The molecule has 1 unspecified atom stereocenters. The molecule has 1 aromatic carbocycles. The Morgan fingerprint density at radius 1 is 1.33 bits per heavy atom. The maximum Gasteiger partial charge on any atom is 0.416 e. The molecule has 0 saturated carbocycles. The normalized spacial score (nSPS) is 21.9. The molecule has 2 nitrogen and oxygen atoms in total. The molecule has 1 aliphatic rings. The quantitative estimate of drug-likeness (QED) is 0.577. The Morgan fingerprint density at radius 3 is 2.56 bits per heavy atom. The number of hydrogen-bond donors (Lipinski definition) is 0. The molecular formula is C11H7F5O2. The first-order chi connectivity index (χ1) is 8.25. The van der Waals surface area contributed by atoms with Gasteiger partial charge in [0, 0.05) is 5.56 Å². The standard InChI is InChI=1S/C11H7F5O2/c12-10(13)5-18-9-3-6(11(14,15)16)1-2-7(9)8(10)4-17/h1-4,8H,5H2. The first-order valence-corrected chi connectivity index (χ1v) is 4.93. The van der Waals surface area contributed by atoms with Crippen molar-refractivity contribution in [3.05, 3.63) is 29.3 Å². The molecule has 18 heavy (non-hydrogen) atoms. The Bertz CT molecular complexity index is 481. The van der Waals surface area contributed by atoms with E-state index in [1.807, 2.05) is 0 Å². The van der Waals surface area contributed by atoms with E-state index >= 15 is 0 Å². The molecule has 0 bridgehead atoms. The van der Waals surface area contributed by atoms with Crippen LogP contribution in [0.15, 0.2) is 18.2 Å². The lowest BCUT2D eigenvalue weighted by atomic mass is 9.90. The van der Waals surface area contributed by atoms with E-state index in [1.165, 1.54) is 0 Å². The van der Waals surface area contributed by atoms with E-state index < -0.39 is 30.2 Å². The molecule has 0 amide bonds. The van der Waals surface area contributed by atoms with Gasteiger partial charge in [0.1, 0.15) is 18.0 Å². The van der Waals surface area contributed by atoms with Crippen molar-refractivity contribution in [1.29, 1.82) is 0 Å². The van der Waals surface area contributed by atoms with Crippen LogP contribution in [0.4, 0.5) is 22.0 Å². The number of hydrogen-bond acceptors (Lipinski definition) is 2. The van der Waals surface area contributed by atoms with E-state index in [0.717, 1.165) is 6.07 Å². The fourth-order valence-corrected chi connectivity index (χ4v) is 1.76. The Balaban J connectivity index is 2.49. The van der Waals surface area contributed by atoms with Crippen LogP contribution >= 0.6 is 0 Å². The van der Waals surface area contributed by atoms with Crippen molar-refractivity contribution in [2.75, 3.05) is 6.61 Å². The fraction of sp³-hybridized carbons (Fsp3) is 0.364. The molecule has 0 aliphatic carbocycles. The lowest BCUT2D eigenvalue weighted by molar-refractivity contribution is -0.137. The van der Waals surface area contributed by atoms with Crippen molar-refractivity contribution in [1.82, 2.24) is 0 Å². The van der Waals surface area contributed by atoms with E-state index in [9.17, 15) is 26.7 Å². The summed E-state index contributed by atoms with van der Waals surface area (Å²) in [6.45, 7) is -1.11. The van der Waals surface area contributed by atoms with Gasteiger partial charge < -0.3 is 9.53 Å². The van der Waals surface area contributed by atoms with Gasteiger partial charge in [0.15, 0.2) is 6.61 Å². The first kappa shape index (κ1) is 12.8.